The van der Waals surface area contributed by atoms with Gasteiger partial charge in [-0.2, -0.15) is 5.26 Å². The Hall–Kier alpha value is -4.88. The number of nitriles is 1. The Kier molecular flexibility index (Phi) is 6.11. The summed E-state index contributed by atoms with van der Waals surface area (Å²) in [4.78, 5) is 30.9. The summed E-state index contributed by atoms with van der Waals surface area (Å²) in [5, 5.41) is 12.2. The molecule has 0 unspecified atom stereocenters. The molecule has 0 aliphatic carbocycles. The molecule has 0 saturated carbocycles. The number of hydrogen-bond donors (Lipinski definition) is 1. The molecule has 0 bridgehead atoms. The summed E-state index contributed by atoms with van der Waals surface area (Å²) in [5.41, 5.74) is 4.85. The first-order valence-electron chi connectivity index (χ1n) is 10.5. The fourth-order valence-corrected chi connectivity index (χ4v) is 3.41. The molecule has 0 fully saturated rings. The number of fused-ring (bicyclic) bond motifs is 1. The second-order valence-electron chi connectivity index (χ2n) is 7.92. The molecule has 0 saturated heterocycles. The van der Waals surface area contributed by atoms with E-state index in [1.54, 1.807) is 47.3 Å². The first-order chi connectivity index (χ1) is 16.3. The summed E-state index contributed by atoms with van der Waals surface area (Å²) >= 11 is 0. The van der Waals surface area contributed by atoms with E-state index in [1.807, 2.05) is 37.2 Å². The quantitative estimate of drug-likeness (QED) is 0.372. The third kappa shape index (κ3) is 4.79. The molecule has 0 aliphatic rings. The number of nitrogens with zero attached hydrogens (tertiary/aromatic N) is 4. The maximum Gasteiger partial charge on any atom is 0.255 e. The van der Waals surface area contributed by atoms with Crippen LogP contribution in [0, 0.1) is 23.3 Å². The van der Waals surface area contributed by atoms with Crippen molar-refractivity contribution in [2.24, 2.45) is 0 Å². The molecular formula is C27H21N5O2. The second-order valence-corrected chi connectivity index (χ2v) is 7.92. The van der Waals surface area contributed by atoms with E-state index in [0.29, 0.717) is 27.9 Å². The number of imidazole rings is 1. The minimum absolute atomic E-state index is 0.0925. The maximum atomic E-state index is 12.8. The zero-order chi connectivity index (χ0) is 24.2. The molecule has 0 spiro atoms. The molecule has 0 atom stereocenters. The van der Waals surface area contributed by atoms with Crippen LogP contribution in [0.5, 0.6) is 0 Å². The van der Waals surface area contributed by atoms with Crippen molar-refractivity contribution < 1.29 is 9.59 Å². The number of benzene rings is 3. The number of nitrogens with one attached hydrogen (secondary N) is 1. The van der Waals surface area contributed by atoms with Gasteiger partial charge in [0.2, 0.25) is 0 Å². The van der Waals surface area contributed by atoms with Gasteiger partial charge >= 0.3 is 0 Å². The second kappa shape index (κ2) is 9.32. The van der Waals surface area contributed by atoms with E-state index in [0.717, 1.165) is 16.7 Å². The van der Waals surface area contributed by atoms with Crippen molar-refractivity contribution in [1.29, 1.82) is 5.26 Å². The normalized spacial score (nSPS) is 10.2. The number of carbonyl (C=O) groups excluding carboxylic acids is 2. The molecule has 4 aromatic rings. The van der Waals surface area contributed by atoms with Gasteiger partial charge in [-0.3, -0.25) is 14.2 Å². The minimum atomic E-state index is -0.398. The van der Waals surface area contributed by atoms with Gasteiger partial charge in [-0.1, -0.05) is 12.1 Å². The van der Waals surface area contributed by atoms with Crippen LogP contribution in [0.2, 0.25) is 0 Å². The third-order valence-corrected chi connectivity index (χ3v) is 5.22. The Bertz CT molecular complexity index is 1530. The average molecular weight is 447 g/mol. The van der Waals surface area contributed by atoms with Gasteiger partial charge in [0.05, 0.1) is 22.7 Å². The Labute approximate surface area is 197 Å². The largest absolute Gasteiger partial charge is 0.378 e. The van der Waals surface area contributed by atoms with Gasteiger partial charge < -0.3 is 10.2 Å². The topological polar surface area (TPSA) is 91.0 Å². The Morgan fingerprint density at radius 2 is 1.79 bits per heavy atom. The van der Waals surface area contributed by atoms with E-state index in [9.17, 15) is 14.9 Å². The van der Waals surface area contributed by atoms with E-state index in [4.69, 9.17) is 0 Å². The molecule has 7 nitrogen and oxygen atoms in total. The number of Topliss-reactive ketones (excluding diaryl/α,β-unsaturated/α-hetero) is 1. The molecule has 3 aromatic carbocycles. The monoisotopic (exact) mass is 447 g/mol. The minimum Gasteiger partial charge on any atom is -0.378 e. The highest BCUT2D eigenvalue weighted by atomic mass is 16.1. The lowest BCUT2D eigenvalue weighted by atomic mass is 10.1. The molecule has 1 heterocycles. The highest BCUT2D eigenvalue weighted by Crippen LogP contribution is 2.20. The highest BCUT2D eigenvalue weighted by Gasteiger charge is 2.10. The van der Waals surface area contributed by atoms with E-state index < -0.39 is 5.91 Å². The van der Waals surface area contributed by atoms with Crippen molar-refractivity contribution in [3.05, 3.63) is 89.2 Å². The standard InChI is InChI=1S/C27H21N5O2/c1-18(33)21-5-4-6-23(14-21)30-27(34)22-12-19(11-20(13-22)16-28)9-10-32-17-29-25-15-24(31(2)3)7-8-26(25)32/h4-8,11-15,17H,1-3H3,(H,30,34). The lowest BCUT2D eigenvalue weighted by Gasteiger charge is -2.11. The van der Waals surface area contributed by atoms with Crippen LogP contribution in [0.15, 0.2) is 67.0 Å². The lowest BCUT2D eigenvalue weighted by molar-refractivity contribution is 0.101. The number of anilines is 2. The van der Waals surface area contributed by atoms with Gasteiger partial charge in [0.1, 0.15) is 6.33 Å². The maximum absolute atomic E-state index is 12.8. The summed E-state index contributed by atoms with van der Waals surface area (Å²) < 4.78 is 1.71. The number of hydrogen-bond acceptors (Lipinski definition) is 5. The number of aromatic nitrogens is 2. The zero-order valence-electron chi connectivity index (χ0n) is 19.0. The summed E-state index contributed by atoms with van der Waals surface area (Å²) in [6.45, 7) is 1.47. The predicted molar refractivity (Wildman–Crippen MR) is 132 cm³/mol. The third-order valence-electron chi connectivity index (χ3n) is 5.22. The van der Waals surface area contributed by atoms with Crippen LogP contribution in [-0.2, 0) is 0 Å². The van der Waals surface area contributed by atoms with Gasteiger partial charge in [-0.05, 0) is 61.4 Å². The molecule has 7 heteroatoms. The number of amides is 1. The van der Waals surface area contributed by atoms with Crippen LogP contribution in [0.25, 0.3) is 11.0 Å². The molecule has 1 aromatic heterocycles. The molecule has 1 amide bonds. The Balaban J connectivity index is 1.63. The van der Waals surface area contributed by atoms with Gasteiger partial charge in [0.25, 0.3) is 5.91 Å². The van der Waals surface area contributed by atoms with Crippen LogP contribution in [0.1, 0.15) is 38.8 Å². The van der Waals surface area contributed by atoms with Gasteiger partial charge in [0.15, 0.2) is 5.78 Å². The van der Waals surface area contributed by atoms with E-state index in [2.05, 4.69) is 28.3 Å². The van der Waals surface area contributed by atoms with Crippen molar-refractivity contribution >= 4 is 34.1 Å². The van der Waals surface area contributed by atoms with Crippen molar-refractivity contribution in [1.82, 2.24) is 9.55 Å². The van der Waals surface area contributed by atoms with Crippen LogP contribution < -0.4 is 10.2 Å². The van der Waals surface area contributed by atoms with Crippen molar-refractivity contribution in [3.63, 3.8) is 0 Å². The zero-order valence-corrected chi connectivity index (χ0v) is 19.0. The smallest absolute Gasteiger partial charge is 0.255 e. The van der Waals surface area contributed by atoms with Crippen LogP contribution in [0.3, 0.4) is 0 Å². The summed E-state index contributed by atoms with van der Waals surface area (Å²) in [6, 6.07) is 22.5. The summed E-state index contributed by atoms with van der Waals surface area (Å²) in [5.74, 6) is 2.53. The van der Waals surface area contributed by atoms with Crippen molar-refractivity contribution in [2.45, 2.75) is 6.92 Å². The van der Waals surface area contributed by atoms with Crippen molar-refractivity contribution in [2.75, 3.05) is 24.3 Å². The van der Waals surface area contributed by atoms with E-state index >= 15 is 0 Å². The van der Waals surface area contributed by atoms with Gasteiger partial charge in [-0.25, -0.2) is 4.98 Å². The SMILES string of the molecule is CC(=O)c1cccc(NC(=O)c2cc(C#N)cc(C#Cn3cnc4cc(N(C)C)ccc43)c2)c1. The summed E-state index contributed by atoms with van der Waals surface area (Å²) in [7, 11) is 3.93. The van der Waals surface area contributed by atoms with Crippen LogP contribution >= 0.6 is 0 Å². The lowest BCUT2D eigenvalue weighted by Crippen LogP contribution is -2.12. The average Bonchev–Trinajstić information content (AvgIpc) is 3.24. The van der Waals surface area contributed by atoms with Gasteiger partial charge in [0, 0.05) is 48.2 Å². The van der Waals surface area contributed by atoms with Crippen molar-refractivity contribution in [3.8, 4) is 18.0 Å². The molecular weight excluding hydrogens is 426 g/mol. The fourth-order valence-electron chi connectivity index (χ4n) is 3.41. The van der Waals surface area contributed by atoms with Crippen LogP contribution in [-0.4, -0.2) is 35.3 Å². The predicted octanol–water partition coefficient (Wildman–Crippen LogP) is 4.29. The Morgan fingerprint density at radius 1 is 1.00 bits per heavy atom. The van der Waals surface area contributed by atoms with Gasteiger partial charge in [-0.15, -0.1) is 0 Å². The molecule has 4 rings (SSSR count). The van der Waals surface area contributed by atoms with E-state index in [1.165, 1.54) is 13.0 Å². The fraction of sp³-hybridized carbons (Fsp3) is 0.111. The molecule has 0 aliphatic heterocycles. The van der Waals surface area contributed by atoms with E-state index in [-0.39, 0.29) is 5.78 Å². The molecule has 34 heavy (non-hydrogen) atoms. The highest BCUT2D eigenvalue weighted by molar-refractivity contribution is 6.05. The number of ketones is 1. The van der Waals surface area contributed by atoms with Crippen LogP contribution in [0.4, 0.5) is 11.4 Å². The first-order valence-corrected chi connectivity index (χ1v) is 10.5. The molecule has 0 radical (unpaired) electrons. The summed E-state index contributed by atoms with van der Waals surface area (Å²) in [6.07, 6.45) is 1.64. The molecule has 1 N–H and O–H groups in total. The molecule has 166 valence electrons. The number of carbonyl (C=O) groups is 2. The first kappa shape index (κ1) is 22.3. The number of rotatable bonds is 4. The Morgan fingerprint density at radius 3 is 2.53 bits per heavy atom.